The van der Waals surface area contributed by atoms with Gasteiger partial charge in [-0.15, -0.1) is 0 Å². The molecule has 0 fully saturated rings. The Kier molecular flexibility index (Phi) is 6.90. The minimum Gasteiger partial charge on any atom is -0.495 e. The fourth-order valence-corrected chi connectivity index (χ4v) is 3.92. The number of nitrogens with two attached hydrogens (primary N) is 1. The van der Waals surface area contributed by atoms with Crippen molar-refractivity contribution in [3.8, 4) is 11.4 Å². The number of methoxy groups -OCH3 is 1. The number of aromatic nitrogens is 3. The zero-order valence-electron chi connectivity index (χ0n) is 18.3. The third-order valence-corrected chi connectivity index (χ3v) is 5.82. The van der Waals surface area contributed by atoms with E-state index in [2.05, 4.69) is 5.10 Å². The maximum Gasteiger partial charge on any atom is 0.352 e. The number of ether oxygens (including phenoxy) is 1. The molecule has 0 aliphatic carbocycles. The molecule has 0 aliphatic heterocycles. The molecule has 1 unspecified atom stereocenters. The van der Waals surface area contributed by atoms with Gasteiger partial charge in [0.2, 0.25) is 0 Å². The lowest BCUT2D eigenvalue weighted by atomic mass is 10.1. The Morgan fingerprint density at radius 1 is 1.03 bits per heavy atom. The molecule has 0 saturated heterocycles. The zero-order chi connectivity index (χ0) is 24.2. The quantitative estimate of drug-likeness (QED) is 0.437. The van der Waals surface area contributed by atoms with Gasteiger partial charge in [-0.25, -0.2) is 9.18 Å². The van der Waals surface area contributed by atoms with Gasteiger partial charge in [-0.3, -0.25) is 9.36 Å². The lowest BCUT2D eigenvalue weighted by molar-refractivity contribution is 0.414. The van der Waals surface area contributed by atoms with Crippen LogP contribution in [0.4, 0.5) is 4.39 Å². The molecule has 1 heterocycles. The highest BCUT2D eigenvalue weighted by molar-refractivity contribution is 6.33. The van der Waals surface area contributed by atoms with E-state index in [0.717, 1.165) is 14.8 Å². The largest absolute Gasteiger partial charge is 0.495 e. The van der Waals surface area contributed by atoms with E-state index in [-0.39, 0.29) is 34.9 Å². The normalized spacial score (nSPS) is 11.9. The summed E-state index contributed by atoms with van der Waals surface area (Å²) in [6, 6.07) is 19.4. The summed E-state index contributed by atoms with van der Waals surface area (Å²) in [5, 5.41) is 4.43. The first kappa shape index (κ1) is 23.4. The molecular weight excluding hydrogens is 459 g/mol. The molecule has 174 valence electrons. The first-order valence-electron chi connectivity index (χ1n) is 10.5. The molecule has 7 nitrogen and oxygen atoms in total. The minimum atomic E-state index is -0.719. The van der Waals surface area contributed by atoms with E-state index in [4.69, 9.17) is 22.1 Å². The van der Waals surface area contributed by atoms with Gasteiger partial charge in [0.15, 0.2) is 0 Å². The van der Waals surface area contributed by atoms with Gasteiger partial charge in [-0.2, -0.15) is 9.78 Å². The molecule has 0 spiro atoms. The average molecular weight is 481 g/mol. The molecule has 0 amide bonds. The van der Waals surface area contributed by atoms with Crippen molar-refractivity contribution in [3.63, 3.8) is 0 Å². The first-order valence-corrected chi connectivity index (χ1v) is 10.9. The molecule has 0 radical (unpaired) electrons. The monoisotopic (exact) mass is 480 g/mol. The number of hydrogen-bond acceptors (Lipinski definition) is 5. The van der Waals surface area contributed by atoms with Crippen LogP contribution in [0, 0.1) is 5.82 Å². The van der Waals surface area contributed by atoms with Crippen LogP contribution in [0.3, 0.4) is 0 Å². The molecule has 4 rings (SSSR count). The van der Waals surface area contributed by atoms with Gasteiger partial charge in [0.25, 0.3) is 5.56 Å². The van der Waals surface area contributed by atoms with Crippen LogP contribution in [-0.4, -0.2) is 21.5 Å². The van der Waals surface area contributed by atoms with E-state index in [9.17, 15) is 14.0 Å². The van der Waals surface area contributed by atoms with Crippen LogP contribution in [0.5, 0.6) is 5.75 Å². The highest BCUT2D eigenvalue weighted by Gasteiger charge is 2.20. The predicted octanol–water partition coefficient (Wildman–Crippen LogP) is 3.49. The maximum atomic E-state index is 14.3. The summed E-state index contributed by atoms with van der Waals surface area (Å²) in [4.78, 5) is 26.7. The number of halogens is 2. The van der Waals surface area contributed by atoms with Crippen molar-refractivity contribution in [1.29, 1.82) is 0 Å². The third-order valence-electron chi connectivity index (χ3n) is 5.44. The van der Waals surface area contributed by atoms with Gasteiger partial charge in [0.1, 0.15) is 22.3 Å². The smallest absolute Gasteiger partial charge is 0.352 e. The lowest BCUT2D eigenvalue weighted by Crippen LogP contribution is -2.44. The molecule has 1 atom stereocenters. The van der Waals surface area contributed by atoms with Crippen LogP contribution in [0.15, 0.2) is 82.4 Å². The molecule has 0 bridgehead atoms. The number of nitrogens with zero attached hydrogens (tertiary/aromatic N) is 3. The molecule has 2 N–H and O–H groups in total. The standard InChI is InChI=1S/C25H22ClFN4O3/c1-34-22-13-7-12-21(23(22)26)31-25(33)30(15-19(28)16-8-3-2-4-9-16)24(32)20(29-31)14-17-10-5-6-11-18(17)27/h2-13,19H,14-15,28H2,1H3. The Morgan fingerprint density at radius 2 is 1.74 bits per heavy atom. The van der Waals surface area contributed by atoms with Crippen LogP contribution < -0.4 is 21.7 Å². The molecule has 0 aliphatic rings. The summed E-state index contributed by atoms with van der Waals surface area (Å²) in [6.07, 6.45) is -0.117. The Morgan fingerprint density at radius 3 is 2.44 bits per heavy atom. The number of rotatable bonds is 7. The van der Waals surface area contributed by atoms with E-state index < -0.39 is 23.1 Å². The zero-order valence-corrected chi connectivity index (χ0v) is 19.1. The van der Waals surface area contributed by atoms with Crippen LogP contribution in [0.1, 0.15) is 22.9 Å². The molecule has 4 aromatic rings. The summed E-state index contributed by atoms with van der Waals surface area (Å²) < 4.78 is 21.6. The fraction of sp³-hybridized carbons (Fsp3) is 0.160. The van der Waals surface area contributed by atoms with Gasteiger partial charge < -0.3 is 10.5 Å². The topological polar surface area (TPSA) is 92.1 Å². The maximum absolute atomic E-state index is 14.3. The summed E-state index contributed by atoms with van der Waals surface area (Å²) in [5.74, 6) is -0.143. The van der Waals surface area contributed by atoms with Crippen LogP contribution in [0.2, 0.25) is 5.02 Å². The fourth-order valence-electron chi connectivity index (χ4n) is 3.64. The van der Waals surface area contributed by atoms with E-state index in [1.165, 1.54) is 13.2 Å². The van der Waals surface area contributed by atoms with Crippen molar-refractivity contribution >= 4 is 11.6 Å². The molecule has 0 saturated carbocycles. The van der Waals surface area contributed by atoms with E-state index in [1.54, 1.807) is 36.4 Å². The first-order chi connectivity index (χ1) is 16.4. The van der Waals surface area contributed by atoms with Gasteiger partial charge >= 0.3 is 5.69 Å². The summed E-state index contributed by atoms with van der Waals surface area (Å²) in [6.45, 7) is -0.101. The van der Waals surface area contributed by atoms with Crippen LogP contribution in [0.25, 0.3) is 5.69 Å². The van der Waals surface area contributed by atoms with Gasteiger partial charge in [-0.1, -0.05) is 66.2 Å². The Bertz CT molecular complexity index is 1440. The molecule has 3 aromatic carbocycles. The molecule has 9 heteroatoms. The van der Waals surface area contributed by atoms with Crippen molar-refractivity contribution in [2.45, 2.75) is 19.0 Å². The van der Waals surface area contributed by atoms with Gasteiger partial charge in [0.05, 0.1) is 19.3 Å². The molecule has 1 aromatic heterocycles. The second-order valence-electron chi connectivity index (χ2n) is 7.64. The van der Waals surface area contributed by atoms with Crippen molar-refractivity contribution in [3.05, 3.63) is 121 Å². The second-order valence-corrected chi connectivity index (χ2v) is 8.01. The summed E-state index contributed by atoms with van der Waals surface area (Å²) >= 11 is 6.45. The Balaban J connectivity index is 1.89. The lowest BCUT2D eigenvalue weighted by Gasteiger charge is -2.17. The molecular formula is C25H22ClFN4O3. The summed E-state index contributed by atoms with van der Waals surface area (Å²) in [7, 11) is 1.45. The Labute approximate surface area is 199 Å². The van der Waals surface area contributed by atoms with Crippen LogP contribution >= 0.6 is 11.6 Å². The summed E-state index contributed by atoms with van der Waals surface area (Å²) in [5.41, 5.74) is 6.19. The van der Waals surface area contributed by atoms with Crippen molar-refractivity contribution in [1.82, 2.24) is 14.3 Å². The highest BCUT2D eigenvalue weighted by Crippen LogP contribution is 2.29. The highest BCUT2D eigenvalue weighted by atomic mass is 35.5. The van der Waals surface area contributed by atoms with Crippen molar-refractivity contribution in [2.24, 2.45) is 5.73 Å². The average Bonchev–Trinajstić information content (AvgIpc) is 2.85. The SMILES string of the molecule is COc1cccc(-n2nc(Cc3ccccc3F)c(=O)n(CC(N)c3ccccc3)c2=O)c1Cl. The van der Waals surface area contributed by atoms with E-state index in [1.807, 2.05) is 30.3 Å². The van der Waals surface area contributed by atoms with Crippen LogP contribution in [-0.2, 0) is 13.0 Å². The predicted molar refractivity (Wildman–Crippen MR) is 128 cm³/mol. The second kappa shape index (κ2) is 10.0. The van der Waals surface area contributed by atoms with Crippen molar-refractivity contribution < 1.29 is 9.13 Å². The van der Waals surface area contributed by atoms with E-state index in [0.29, 0.717) is 5.75 Å². The van der Waals surface area contributed by atoms with Crippen molar-refractivity contribution in [2.75, 3.05) is 7.11 Å². The number of hydrogen-bond donors (Lipinski definition) is 1. The number of benzene rings is 3. The minimum absolute atomic E-state index is 0.0242. The Hall–Kier alpha value is -3.75. The van der Waals surface area contributed by atoms with Gasteiger partial charge in [0, 0.05) is 12.5 Å². The van der Waals surface area contributed by atoms with Gasteiger partial charge in [-0.05, 0) is 29.3 Å². The third kappa shape index (κ3) is 4.64. The van der Waals surface area contributed by atoms with E-state index >= 15 is 0 Å². The molecule has 34 heavy (non-hydrogen) atoms.